The Morgan fingerprint density at radius 1 is 1.25 bits per heavy atom. The van der Waals surface area contributed by atoms with Crippen molar-refractivity contribution in [2.45, 2.75) is 6.54 Å². The van der Waals surface area contributed by atoms with Crippen LogP contribution in [0.2, 0.25) is 0 Å². The van der Waals surface area contributed by atoms with Crippen LogP contribution in [-0.2, 0) is 16.6 Å². The number of nitrogens with zero attached hydrogens (tertiary/aromatic N) is 3. The van der Waals surface area contributed by atoms with Crippen LogP contribution in [0, 0.1) is 0 Å². The molecule has 0 aliphatic heterocycles. The number of nitrogens with one attached hydrogen (secondary N) is 1. The van der Waals surface area contributed by atoms with E-state index in [0.29, 0.717) is 12.3 Å². The van der Waals surface area contributed by atoms with Crippen LogP contribution in [0.4, 0.5) is 5.95 Å². The minimum absolute atomic E-state index is 0.125. The Morgan fingerprint density at radius 2 is 2.00 bits per heavy atom. The molecule has 0 spiro atoms. The van der Waals surface area contributed by atoms with Crippen LogP contribution in [-0.4, -0.2) is 36.0 Å². The molecule has 0 fully saturated rings. The van der Waals surface area contributed by atoms with Crippen LogP contribution in [0.5, 0.6) is 5.75 Å². The van der Waals surface area contributed by atoms with Crippen molar-refractivity contribution in [3.8, 4) is 17.3 Å². The van der Waals surface area contributed by atoms with E-state index >= 15 is 0 Å². The molecule has 8 nitrogen and oxygen atoms in total. The van der Waals surface area contributed by atoms with Crippen molar-refractivity contribution in [2.75, 3.05) is 18.7 Å². The number of ether oxygens (including phenoxy) is 1. The fourth-order valence-electron chi connectivity index (χ4n) is 2.07. The number of benzene rings is 1. The van der Waals surface area contributed by atoms with Crippen LogP contribution in [0.1, 0.15) is 5.56 Å². The van der Waals surface area contributed by atoms with Crippen molar-refractivity contribution in [3.05, 3.63) is 48.2 Å². The van der Waals surface area contributed by atoms with Gasteiger partial charge in [-0.2, -0.15) is 4.98 Å². The van der Waals surface area contributed by atoms with Crippen molar-refractivity contribution in [3.63, 3.8) is 0 Å². The van der Waals surface area contributed by atoms with Gasteiger partial charge >= 0.3 is 0 Å². The van der Waals surface area contributed by atoms with Crippen LogP contribution in [0.25, 0.3) is 11.6 Å². The first kappa shape index (κ1) is 16.1. The lowest BCUT2D eigenvalue weighted by Gasteiger charge is -2.07. The molecule has 3 rings (SSSR count). The van der Waals surface area contributed by atoms with Crippen molar-refractivity contribution in [1.29, 1.82) is 0 Å². The van der Waals surface area contributed by atoms with Gasteiger partial charge in [-0.05, 0) is 29.8 Å². The SMILES string of the molecule is COc1ccc(CNc2nc(-c3ccco3)nn2S(C)(=O)=O)cc1. The minimum atomic E-state index is -3.60. The summed E-state index contributed by atoms with van der Waals surface area (Å²) in [5.41, 5.74) is 0.943. The third-order valence-corrected chi connectivity index (χ3v) is 4.13. The lowest BCUT2D eigenvalue weighted by atomic mass is 10.2. The molecule has 0 atom stereocenters. The Kier molecular flexibility index (Phi) is 4.26. The lowest BCUT2D eigenvalue weighted by molar-refractivity contribution is 0.414. The van der Waals surface area contributed by atoms with Gasteiger partial charge in [-0.3, -0.25) is 0 Å². The number of furan rings is 1. The summed E-state index contributed by atoms with van der Waals surface area (Å²) < 4.78 is 35.0. The molecule has 9 heteroatoms. The van der Waals surface area contributed by atoms with E-state index in [0.717, 1.165) is 21.7 Å². The maximum absolute atomic E-state index is 11.9. The predicted molar refractivity (Wildman–Crippen MR) is 88.3 cm³/mol. The second kappa shape index (κ2) is 6.36. The van der Waals surface area contributed by atoms with Crippen LogP contribution in [0.15, 0.2) is 47.1 Å². The highest BCUT2D eigenvalue weighted by molar-refractivity contribution is 7.89. The predicted octanol–water partition coefficient (Wildman–Crippen LogP) is 1.97. The third-order valence-electron chi connectivity index (χ3n) is 3.24. The highest BCUT2D eigenvalue weighted by atomic mass is 32.2. The second-order valence-electron chi connectivity index (χ2n) is 5.04. The number of methoxy groups -OCH3 is 1. The van der Waals surface area contributed by atoms with E-state index in [-0.39, 0.29) is 11.8 Å². The molecular weight excluding hydrogens is 332 g/mol. The van der Waals surface area contributed by atoms with E-state index in [4.69, 9.17) is 9.15 Å². The zero-order valence-electron chi connectivity index (χ0n) is 13.1. The number of hydrogen-bond acceptors (Lipinski definition) is 7. The molecule has 0 aliphatic carbocycles. The molecule has 0 amide bonds. The summed E-state index contributed by atoms with van der Waals surface area (Å²) in [5.74, 6) is 1.46. The Labute approximate surface area is 139 Å². The normalized spacial score (nSPS) is 11.4. The summed E-state index contributed by atoms with van der Waals surface area (Å²) in [6.07, 6.45) is 2.53. The Hall–Kier alpha value is -2.81. The van der Waals surface area contributed by atoms with Gasteiger partial charge in [0.1, 0.15) is 5.75 Å². The average molecular weight is 348 g/mol. The van der Waals surface area contributed by atoms with Gasteiger partial charge in [0.2, 0.25) is 11.8 Å². The molecule has 0 unspecified atom stereocenters. The fourth-order valence-corrected chi connectivity index (χ4v) is 2.72. The molecule has 3 aromatic rings. The number of anilines is 1. The summed E-state index contributed by atoms with van der Waals surface area (Å²) in [4.78, 5) is 4.21. The largest absolute Gasteiger partial charge is 0.497 e. The number of hydrogen-bond donors (Lipinski definition) is 1. The monoisotopic (exact) mass is 348 g/mol. The highest BCUT2D eigenvalue weighted by Gasteiger charge is 2.19. The van der Waals surface area contributed by atoms with Gasteiger partial charge in [-0.15, -0.1) is 9.19 Å². The number of aromatic nitrogens is 3. The van der Waals surface area contributed by atoms with Gasteiger partial charge in [0.15, 0.2) is 5.76 Å². The zero-order valence-corrected chi connectivity index (χ0v) is 13.9. The van der Waals surface area contributed by atoms with Gasteiger partial charge in [-0.1, -0.05) is 12.1 Å². The molecule has 1 N–H and O–H groups in total. The first-order valence-electron chi connectivity index (χ1n) is 7.05. The van der Waals surface area contributed by atoms with Crippen molar-refractivity contribution in [1.82, 2.24) is 14.2 Å². The molecule has 24 heavy (non-hydrogen) atoms. The third kappa shape index (κ3) is 3.40. The van der Waals surface area contributed by atoms with E-state index in [2.05, 4.69) is 15.4 Å². The van der Waals surface area contributed by atoms with E-state index in [1.165, 1.54) is 6.26 Å². The maximum Gasteiger partial charge on any atom is 0.254 e. The van der Waals surface area contributed by atoms with E-state index in [9.17, 15) is 8.42 Å². The quantitative estimate of drug-likeness (QED) is 0.727. The van der Waals surface area contributed by atoms with E-state index in [1.54, 1.807) is 19.2 Å². The molecule has 0 radical (unpaired) electrons. The van der Waals surface area contributed by atoms with Crippen LogP contribution >= 0.6 is 0 Å². The first-order chi connectivity index (χ1) is 11.5. The molecule has 126 valence electrons. The summed E-state index contributed by atoms with van der Waals surface area (Å²) in [5, 5.41) is 6.99. The second-order valence-corrected chi connectivity index (χ2v) is 6.86. The Bertz CT molecular complexity index is 915. The molecule has 0 saturated heterocycles. The molecule has 0 aliphatic rings. The average Bonchev–Trinajstić information content (AvgIpc) is 3.22. The van der Waals surface area contributed by atoms with Gasteiger partial charge in [0, 0.05) is 6.54 Å². The summed E-state index contributed by atoms with van der Waals surface area (Å²) in [7, 11) is -2.00. The van der Waals surface area contributed by atoms with E-state index < -0.39 is 10.0 Å². The van der Waals surface area contributed by atoms with Gasteiger partial charge < -0.3 is 14.5 Å². The zero-order chi connectivity index (χ0) is 17.2. The smallest absolute Gasteiger partial charge is 0.254 e. The number of rotatable bonds is 6. The first-order valence-corrected chi connectivity index (χ1v) is 8.90. The summed E-state index contributed by atoms with van der Waals surface area (Å²) in [6.45, 7) is 0.385. The molecular formula is C15H16N4O4S. The topological polar surface area (TPSA) is 99.2 Å². The van der Waals surface area contributed by atoms with Crippen molar-refractivity contribution in [2.24, 2.45) is 0 Å². The van der Waals surface area contributed by atoms with Crippen LogP contribution in [0.3, 0.4) is 0 Å². The molecule has 0 saturated carbocycles. The molecule has 2 aromatic heterocycles. The molecule has 0 bridgehead atoms. The lowest BCUT2D eigenvalue weighted by Crippen LogP contribution is -2.16. The van der Waals surface area contributed by atoms with Crippen LogP contribution < -0.4 is 10.1 Å². The molecule has 2 heterocycles. The standard InChI is InChI=1S/C15H16N4O4S/c1-22-12-7-5-11(6-8-12)10-16-15-17-14(13-4-3-9-23-13)18-19(15)24(2,20)21/h3-9H,10H2,1-2H3,(H,16,17,18). The highest BCUT2D eigenvalue weighted by Crippen LogP contribution is 2.20. The Balaban J connectivity index is 1.85. The minimum Gasteiger partial charge on any atom is -0.497 e. The summed E-state index contributed by atoms with van der Waals surface area (Å²) >= 11 is 0. The van der Waals surface area contributed by atoms with Crippen molar-refractivity contribution < 1.29 is 17.6 Å². The Morgan fingerprint density at radius 3 is 2.58 bits per heavy atom. The van der Waals surface area contributed by atoms with Gasteiger partial charge in [0.05, 0.1) is 19.6 Å². The van der Waals surface area contributed by atoms with Crippen molar-refractivity contribution >= 4 is 16.0 Å². The maximum atomic E-state index is 11.9. The summed E-state index contributed by atoms with van der Waals surface area (Å²) in [6, 6.07) is 10.7. The molecule has 1 aromatic carbocycles. The van der Waals surface area contributed by atoms with Gasteiger partial charge in [-0.25, -0.2) is 8.42 Å². The van der Waals surface area contributed by atoms with E-state index in [1.807, 2.05) is 24.3 Å². The van der Waals surface area contributed by atoms with Gasteiger partial charge in [0.25, 0.3) is 10.0 Å². The fraction of sp³-hybridized carbons (Fsp3) is 0.200.